The second-order valence-electron chi connectivity index (χ2n) is 4.18. The van der Waals surface area contributed by atoms with Crippen molar-refractivity contribution in [2.24, 2.45) is 0 Å². The molecule has 0 spiro atoms. The molecule has 3 aromatic rings. The Bertz CT molecular complexity index is 835. The molecule has 0 fully saturated rings. The summed E-state index contributed by atoms with van der Waals surface area (Å²) in [6, 6.07) is 11.8. The SMILES string of the molecule is N#Cc1cccc(Oc2c(F)cc3[nH]ccc3c2Br)c1. The highest BCUT2D eigenvalue weighted by Crippen LogP contribution is 2.38. The Morgan fingerprint density at radius 1 is 1.25 bits per heavy atom. The molecule has 0 unspecified atom stereocenters. The topological polar surface area (TPSA) is 48.8 Å². The first kappa shape index (κ1) is 12.7. The molecule has 20 heavy (non-hydrogen) atoms. The minimum absolute atomic E-state index is 0.104. The van der Waals surface area contributed by atoms with Crippen LogP contribution < -0.4 is 4.74 Å². The van der Waals surface area contributed by atoms with Gasteiger partial charge < -0.3 is 9.72 Å². The maximum absolute atomic E-state index is 14.1. The maximum atomic E-state index is 14.1. The van der Waals surface area contributed by atoms with Crippen LogP contribution >= 0.6 is 15.9 Å². The molecule has 0 atom stereocenters. The minimum atomic E-state index is -0.478. The van der Waals surface area contributed by atoms with Crippen molar-refractivity contribution in [2.45, 2.75) is 0 Å². The molecule has 2 aromatic carbocycles. The van der Waals surface area contributed by atoms with Gasteiger partial charge >= 0.3 is 0 Å². The van der Waals surface area contributed by atoms with Crippen LogP contribution in [-0.4, -0.2) is 4.98 Å². The molecule has 0 aliphatic rings. The molecule has 98 valence electrons. The molecule has 3 nitrogen and oxygen atoms in total. The highest BCUT2D eigenvalue weighted by atomic mass is 79.9. The molecule has 0 saturated heterocycles. The van der Waals surface area contributed by atoms with Crippen molar-refractivity contribution < 1.29 is 9.13 Å². The van der Waals surface area contributed by atoms with Crippen LogP contribution in [0.4, 0.5) is 4.39 Å². The van der Waals surface area contributed by atoms with E-state index in [0.717, 1.165) is 5.39 Å². The van der Waals surface area contributed by atoms with Crippen LogP contribution in [0.5, 0.6) is 11.5 Å². The second kappa shape index (κ2) is 4.99. The van der Waals surface area contributed by atoms with Crippen molar-refractivity contribution in [2.75, 3.05) is 0 Å². The van der Waals surface area contributed by atoms with Crippen LogP contribution in [-0.2, 0) is 0 Å². The lowest BCUT2D eigenvalue weighted by Gasteiger charge is -2.10. The van der Waals surface area contributed by atoms with E-state index in [1.807, 2.05) is 12.1 Å². The Balaban J connectivity index is 2.08. The van der Waals surface area contributed by atoms with E-state index in [4.69, 9.17) is 10.00 Å². The molecule has 5 heteroatoms. The normalized spacial score (nSPS) is 10.4. The van der Waals surface area contributed by atoms with Crippen molar-refractivity contribution in [1.29, 1.82) is 5.26 Å². The van der Waals surface area contributed by atoms with Gasteiger partial charge in [-0.25, -0.2) is 4.39 Å². The lowest BCUT2D eigenvalue weighted by molar-refractivity contribution is 0.440. The summed E-state index contributed by atoms with van der Waals surface area (Å²) in [5.41, 5.74) is 1.15. The van der Waals surface area contributed by atoms with Gasteiger partial charge in [0.25, 0.3) is 0 Å². The molecule has 0 bridgehead atoms. The predicted molar refractivity (Wildman–Crippen MR) is 77.2 cm³/mol. The zero-order valence-corrected chi connectivity index (χ0v) is 11.7. The van der Waals surface area contributed by atoms with Gasteiger partial charge in [0, 0.05) is 23.2 Å². The van der Waals surface area contributed by atoms with Gasteiger partial charge in [0.2, 0.25) is 0 Å². The van der Waals surface area contributed by atoms with Gasteiger partial charge in [-0.3, -0.25) is 0 Å². The smallest absolute Gasteiger partial charge is 0.177 e. The number of fused-ring (bicyclic) bond motifs is 1. The van der Waals surface area contributed by atoms with Crippen LogP contribution in [0.3, 0.4) is 0 Å². The molecule has 1 heterocycles. The lowest BCUT2D eigenvalue weighted by atomic mass is 10.2. The van der Waals surface area contributed by atoms with Crippen LogP contribution in [0.15, 0.2) is 47.1 Å². The quantitative estimate of drug-likeness (QED) is 0.738. The van der Waals surface area contributed by atoms with E-state index < -0.39 is 5.82 Å². The van der Waals surface area contributed by atoms with Crippen molar-refractivity contribution in [3.63, 3.8) is 0 Å². The first-order valence-electron chi connectivity index (χ1n) is 5.82. The van der Waals surface area contributed by atoms with E-state index in [9.17, 15) is 4.39 Å². The number of ether oxygens (including phenoxy) is 1. The van der Waals surface area contributed by atoms with Gasteiger partial charge in [-0.1, -0.05) is 6.07 Å². The molecule has 0 amide bonds. The number of hydrogen-bond acceptors (Lipinski definition) is 2. The van der Waals surface area contributed by atoms with Crippen molar-refractivity contribution >= 4 is 26.8 Å². The van der Waals surface area contributed by atoms with Gasteiger partial charge in [0.15, 0.2) is 11.6 Å². The standard InChI is InChI=1S/C15H8BrFN2O/c16-14-11-4-5-19-13(11)7-12(17)15(14)20-10-3-1-2-9(6-10)8-18/h1-7,19H. The van der Waals surface area contributed by atoms with E-state index in [-0.39, 0.29) is 5.75 Å². The van der Waals surface area contributed by atoms with Gasteiger partial charge in [-0.2, -0.15) is 5.26 Å². The summed E-state index contributed by atoms with van der Waals surface area (Å²) >= 11 is 3.35. The average molecular weight is 331 g/mol. The summed E-state index contributed by atoms with van der Waals surface area (Å²) in [6.45, 7) is 0. The third-order valence-corrected chi connectivity index (χ3v) is 3.67. The third-order valence-electron chi connectivity index (χ3n) is 2.89. The number of aromatic amines is 1. The minimum Gasteiger partial charge on any atom is -0.453 e. The van der Waals surface area contributed by atoms with E-state index in [2.05, 4.69) is 20.9 Å². The molecule has 0 saturated carbocycles. The number of aromatic nitrogens is 1. The van der Waals surface area contributed by atoms with Crippen LogP contribution in [0.2, 0.25) is 0 Å². The van der Waals surface area contributed by atoms with Gasteiger partial charge in [-0.05, 0) is 40.2 Å². The molecule has 1 aromatic heterocycles. The Kier molecular flexibility index (Phi) is 3.17. The zero-order valence-electron chi connectivity index (χ0n) is 10.2. The largest absolute Gasteiger partial charge is 0.453 e. The molecule has 0 radical (unpaired) electrons. The van der Waals surface area contributed by atoms with Gasteiger partial charge in [0.1, 0.15) is 5.75 Å². The predicted octanol–water partition coefficient (Wildman–Crippen LogP) is 4.73. The molecule has 0 aliphatic heterocycles. The monoisotopic (exact) mass is 330 g/mol. The average Bonchev–Trinajstić information content (AvgIpc) is 2.92. The Labute approximate surface area is 122 Å². The number of hydrogen-bond donors (Lipinski definition) is 1. The fourth-order valence-corrected chi connectivity index (χ4v) is 2.57. The first-order chi connectivity index (χ1) is 9.69. The van der Waals surface area contributed by atoms with Gasteiger partial charge in [-0.15, -0.1) is 0 Å². The number of nitrogens with zero attached hydrogens (tertiary/aromatic N) is 1. The van der Waals surface area contributed by atoms with Crippen LogP contribution in [0.25, 0.3) is 10.9 Å². The van der Waals surface area contributed by atoms with E-state index in [1.165, 1.54) is 6.07 Å². The third kappa shape index (κ3) is 2.15. The van der Waals surface area contributed by atoms with E-state index >= 15 is 0 Å². The summed E-state index contributed by atoms with van der Waals surface area (Å²) in [5, 5.41) is 9.69. The highest BCUT2D eigenvalue weighted by molar-refractivity contribution is 9.10. The second-order valence-corrected chi connectivity index (χ2v) is 4.98. The summed E-state index contributed by atoms with van der Waals surface area (Å²) < 4.78 is 20.2. The number of halogens is 2. The van der Waals surface area contributed by atoms with Crippen LogP contribution in [0.1, 0.15) is 5.56 Å². The first-order valence-corrected chi connectivity index (χ1v) is 6.61. The molecular weight excluding hydrogens is 323 g/mol. The fourth-order valence-electron chi connectivity index (χ4n) is 1.95. The van der Waals surface area contributed by atoms with E-state index in [1.54, 1.807) is 30.5 Å². The highest BCUT2D eigenvalue weighted by Gasteiger charge is 2.14. The van der Waals surface area contributed by atoms with Crippen LogP contribution in [0, 0.1) is 17.1 Å². The van der Waals surface area contributed by atoms with Crippen molar-refractivity contribution in [3.05, 3.63) is 58.4 Å². The number of H-pyrrole nitrogens is 1. The summed E-state index contributed by atoms with van der Waals surface area (Å²) in [5.74, 6) is 0.0416. The summed E-state index contributed by atoms with van der Waals surface area (Å²) in [4.78, 5) is 2.94. The zero-order chi connectivity index (χ0) is 14.1. The lowest BCUT2D eigenvalue weighted by Crippen LogP contribution is -1.91. The molecule has 3 rings (SSSR count). The number of rotatable bonds is 2. The number of benzene rings is 2. The van der Waals surface area contributed by atoms with Crippen molar-refractivity contribution in [1.82, 2.24) is 4.98 Å². The molecule has 1 N–H and O–H groups in total. The Morgan fingerprint density at radius 2 is 2.10 bits per heavy atom. The van der Waals surface area contributed by atoms with Crippen molar-refractivity contribution in [3.8, 4) is 17.6 Å². The summed E-state index contributed by atoms with van der Waals surface area (Å²) in [6.07, 6.45) is 1.73. The number of nitrogens with one attached hydrogen (secondary N) is 1. The Morgan fingerprint density at radius 3 is 2.90 bits per heavy atom. The fraction of sp³-hybridized carbons (Fsp3) is 0. The maximum Gasteiger partial charge on any atom is 0.177 e. The summed E-state index contributed by atoms with van der Waals surface area (Å²) in [7, 11) is 0. The Hall–Kier alpha value is -2.32. The van der Waals surface area contributed by atoms with Gasteiger partial charge in [0.05, 0.1) is 16.1 Å². The molecular formula is C15H8BrFN2O. The number of nitriles is 1. The molecule has 0 aliphatic carbocycles. The van der Waals surface area contributed by atoms with E-state index in [0.29, 0.717) is 21.3 Å².